The van der Waals surface area contributed by atoms with Crippen LogP contribution in [0.4, 0.5) is 0 Å². The van der Waals surface area contributed by atoms with Crippen molar-refractivity contribution in [2.75, 3.05) is 0 Å². The van der Waals surface area contributed by atoms with Crippen LogP contribution in [0.15, 0.2) is 0 Å². The summed E-state index contributed by atoms with van der Waals surface area (Å²) in [6.07, 6.45) is -2.69. The van der Waals surface area contributed by atoms with E-state index in [0.717, 1.165) is 13.8 Å². The molecule has 0 rings (SSSR count). The summed E-state index contributed by atoms with van der Waals surface area (Å²) in [6.45, 7) is 2.27. The molecule has 2 atom stereocenters. The van der Waals surface area contributed by atoms with Crippen LogP contribution >= 0.6 is 0 Å². The van der Waals surface area contributed by atoms with E-state index in [1.807, 2.05) is 0 Å². The van der Waals surface area contributed by atoms with Gasteiger partial charge >= 0.3 is 27.3 Å². The fourth-order valence-corrected chi connectivity index (χ4v) is 0. The summed E-state index contributed by atoms with van der Waals surface area (Å²) in [4.78, 5) is 18.7. The van der Waals surface area contributed by atoms with Gasteiger partial charge in [0.2, 0.25) is 0 Å². The minimum atomic E-state index is -1.44. The minimum Gasteiger partial charge on any atom is -0.547 e. The number of aliphatic hydroxyl groups excluding tert-OH is 2. The third-order valence-corrected chi connectivity index (χ3v) is 0.682. The molecule has 0 aliphatic heterocycles. The first-order chi connectivity index (χ1) is 5.29. The van der Waals surface area contributed by atoms with E-state index in [1.54, 1.807) is 0 Å². The molecule has 0 aliphatic rings. The van der Waals surface area contributed by atoms with Gasteiger partial charge < -0.3 is 30.0 Å². The predicted molar refractivity (Wildman–Crippen MR) is 33.4 cm³/mol. The van der Waals surface area contributed by atoms with E-state index >= 15 is 0 Å². The molecule has 0 saturated carbocycles. The van der Waals surface area contributed by atoms with Gasteiger partial charge in [-0.25, -0.2) is 0 Å². The Morgan fingerprint density at radius 2 is 1.08 bits per heavy atom. The predicted octanol–water partition coefficient (Wildman–Crippen LogP) is -3.77. The summed E-state index contributed by atoms with van der Waals surface area (Å²) in [6, 6.07) is 0. The van der Waals surface area contributed by atoms with Gasteiger partial charge in [-0.05, 0) is 13.8 Å². The van der Waals surface area contributed by atoms with E-state index in [1.165, 1.54) is 0 Å². The van der Waals surface area contributed by atoms with Gasteiger partial charge in [0.05, 0.1) is 24.1 Å². The molecule has 2 unspecified atom stereocenters. The number of carbonyl (C=O) groups is 2. The number of hydrogen-bond acceptors (Lipinski definition) is 6. The molecule has 0 heterocycles. The second-order valence-electron chi connectivity index (χ2n) is 1.99. The van der Waals surface area contributed by atoms with Crippen molar-refractivity contribution in [1.29, 1.82) is 0 Å². The van der Waals surface area contributed by atoms with Gasteiger partial charge in [0.25, 0.3) is 0 Å². The van der Waals surface area contributed by atoms with E-state index in [2.05, 4.69) is 0 Å². The zero-order valence-electron chi connectivity index (χ0n) is 7.39. The summed E-state index contributed by atoms with van der Waals surface area (Å²) >= 11 is 0. The van der Waals surface area contributed by atoms with E-state index < -0.39 is 24.1 Å². The third-order valence-electron chi connectivity index (χ3n) is 0.682. The van der Waals surface area contributed by atoms with Crippen LogP contribution in [0.1, 0.15) is 13.8 Å². The molecule has 0 radical (unpaired) electrons. The Morgan fingerprint density at radius 3 is 1.08 bits per heavy atom. The number of rotatable bonds is 2. The fraction of sp³-hybridized carbons (Fsp3) is 0.667. The third kappa shape index (κ3) is 18.6. The Balaban J connectivity index is -0.000000143. The molecule has 13 heavy (non-hydrogen) atoms. The summed E-state index contributed by atoms with van der Waals surface area (Å²) < 4.78 is 0. The molecular weight excluding hydrogens is 280 g/mol. The van der Waals surface area contributed by atoms with Gasteiger partial charge in [-0.15, -0.1) is 0 Å². The van der Waals surface area contributed by atoms with Crippen molar-refractivity contribution in [3.05, 3.63) is 0 Å². The van der Waals surface area contributed by atoms with Gasteiger partial charge in [-0.3, -0.25) is 0 Å². The average Bonchev–Trinajstić information content (AvgIpc) is 1.88. The van der Waals surface area contributed by atoms with Crippen molar-refractivity contribution in [2.24, 2.45) is 0 Å². The van der Waals surface area contributed by atoms with Gasteiger partial charge in [0.15, 0.2) is 0 Å². The molecule has 0 saturated heterocycles. The first kappa shape index (κ1) is 18.5. The Morgan fingerprint density at radius 1 is 1.00 bits per heavy atom. The zero-order valence-corrected chi connectivity index (χ0v) is 11.4. The van der Waals surface area contributed by atoms with Crippen molar-refractivity contribution in [2.45, 2.75) is 26.1 Å². The van der Waals surface area contributed by atoms with E-state index in [-0.39, 0.29) is 27.3 Å². The standard InChI is InChI=1S/2C3H6O3.Cd/c2*1-2(4)3(5)6;/h2*2,4H,1H3,(H,5,6);/q;;+2/p-2. The van der Waals surface area contributed by atoms with Crippen LogP contribution < -0.4 is 10.2 Å². The molecule has 0 aromatic heterocycles. The number of carboxylic acid groups (broad SMARTS) is 2. The minimum absolute atomic E-state index is 0. The van der Waals surface area contributed by atoms with Gasteiger partial charge in [0, 0.05) is 0 Å². The molecule has 0 amide bonds. The Kier molecular flexibility index (Phi) is 14.1. The van der Waals surface area contributed by atoms with Crippen LogP contribution in [-0.4, -0.2) is 34.4 Å². The van der Waals surface area contributed by atoms with Crippen molar-refractivity contribution in [3.8, 4) is 0 Å². The average molecular weight is 291 g/mol. The maximum absolute atomic E-state index is 9.34. The van der Waals surface area contributed by atoms with Crippen LogP contribution in [0.2, 0.25) is 0 Å². The molecule has 0 aromatic rings. The molecule has 0 spiro atoms. The second-order valence-corrected chi connectivity index (χ2v) is 1.99. The first-order valence-corrected chi connectivity index (χ1v) is 3.06. The summed E-state index contributed by atoms with van der Waals surface area (Å²) in [5.41, 5.74) is 0. The molecule has 2 N–H and O–H groups in total. The number of carboxylic acids is 2. The SMILES string of the molecule is CC(O)C(=O)[O-].CC(O)C(=O)[O-].[Cd+2]. The molecule has 0 aliphatic carbocycles. The molecule has 0 fully saturated rings. The Hall–Kier alpha value is -0.218. The van der Waals surface area contributed by atoms with Gasteiger partial charge in [-0.2, -0.15) is 0 Å². The summed E-state index contributed by atoms with van der Waals surface area (Å²) in [7, 11) is 0. The van der Waals surface area contributed by atoms with E-state index in [4.69, 9.17) is 10.2 Å². The number of aliphatic hydroxyl groups is 2. The molecular formula is C6H10CdO6. The van der Waals surface area contributed by atoms with Crippen LogP contribution in [-0.2, 0) is 36.9 Å². The number of hydrogen-bond donors (Lipinski definition) is 2. The summed E-state index contributed by atoms with van der Waals surface area (Å²) in [5.74, 6) is -2.87. The van der Waals surface area contributed by atoms with E-state index in [0.29, 0.717) is 0 Å². The van der Waals surface area contributed by atoms with Crippen LogP contribution in [0.25, 0.3) is 0 Å². The van der Waals surface area contributed by atoms with E-state index in [9.17, 15) is 19.8 Å². The van der Waals surface area contributed by atoms with Crippen molar-refractivity contribution in [1.82, 2.24) is 0 Å². The van der Waals surface area contributed by atoms with Crippen LogP contribution in [0.3, 0.4) is 0 Å². The molecule has 0 aromatic carbocycles. The molecule has 72 valence electrons. The smallest absolute Gasteiger partial charge is 0.547 e. The van der Waals surface area contributed by atoms with Crippen molar-refractivity contribution in [3.63, 3.8) is 0 Å². The largest absolute Gasteiger partial charge is 2.00 e. The topological polar surface area (TPSA) is 121 Å². The molecule has 7 heteroatoms. The summed E-state index contributed by atoms with van der Waals surface area (Å²) in [5, 5.41) is 34.6. The Bertz CT molecular complexity index is 137. The normalized spacial score (nSPS) is 12.6. The van der Waals surface area contributed by atoms with Gasteiger partial charge in [-0.1, -0.05) is 0 Å². The maximum atomic E-state index is 9.34. The number of carbonyl (C=O) groups excluding carboxylic acids is 2. The fourth-order valence-electron chi connectivity index (χ4n) is 0. The quantitative estimate of drug-likeness (QED) is 0.504. The first-order valence-electron chi connectivity index (χ1n) is 3.06. The maximum Gasteiger partial charge on any atom is 2.00 e. The molecule has 6 nitrogen and oxygen atoms in total. The zero-order chi connectivity index (χ0) is 10.3. The Labute approximate surface area is 95.4 Å². The van der Waals surface area contributed by atoms with Gasteiger partial charge in [0.1, 0.15) is 0 Å². The van der Waals surface area contributed by atoms with Crippen LogP contribution in [0.5, 0.6) is 0 Å². The molecule has 0 bridgehead atoms. The number of aliphatic carboxylic acids is 2. The van der Waals surface area contributed by atoms with Crippen molar-refractivity contribution < 1.29 is 57.3 Å². The second kappa shape index (κ2) is 9.87. The van der Waals surface area contributed by atoms with Crippen molar-refractivity contribution >= 4 is 11.9 Å². The monoisotopic (exact) mass is 292 g/mol. The van der Waals surface area contributed by atoms with Crippen LogP contribution in [0, 0.1) is 0 Å².